The molecule has 26 heavy (non-hydrogen) atoms. The summed E-state index contributed by atoms with van der Waals surface area (Å²) in [7, 11) is 0. The molecule has 0 radical (unpaired) electrons. The summed E-state index contributed by atoms with van der Waals surface area (Å²) in [6, 6.07) is 28.2. The molecule has 134 valence electrons. The zero-order chi connectivity index (χ0) is 18.0. The van der Waals surface area contributed by atoms with Crippen LogP contribution in [0.25, 0.3) is 0 Å². The maximum Gasteiger partial charge on any atom is 0.121 e. The Hall–Kier alpha value is -2.94. The number of anilines is 1. The summed E-state index contributed by atoms with van der Waals surface area (Å²) in [5, 5.41) is 3.45. The van der Waals surface area contributed by atoms with Crippen molar-refractivity contribution in [3.05, 3.63) is 90.5 Å². The number of benzene rings is 3. The van der Waals surface area contributed by atoms with Gasteiger partial charge in [-0.25, -0.2) is 0 Å². The van der Waals surface area contributed by atoms with Gasteiger partial charge in [-0.05, 0) is 36.2 Å². The van der Waals surface area contributed by atoms with Crippen molar-refractivity contribution in [3.63, 3.8) is 0 Å². The summed E-state index contributed by atoms with van der Waals surface area (Å²) in [6.07, 6.45) is 1.05. The molecule has 0 spiro atoms. The molecular formula is C23H25NO2. The lowest BCUT2D eigenvalue weighted by atomic mass is 10.2. The molecule has 3 heteroatoms. The first-order chi connectivity index (χ1) is 12.8. The highest BCUT2D eigenvalue weighted by Crippen LogP contribution is 2.19. The SMILES string of the molecule is CCC(CNc1cccc(OCc2ccccc2)c1)Oc1ccccc1. The quantitative estimate of drug-likeness (QED) is 0.551. The molecule has 0 amide bonds. The number of ether oxygens (including phenoxy) is 2. The molecule has 3 aromatic carbocycles. The van der Waals surface area contributed by atoms with Crippen LogP contribution in [0.3, 0.4) is 0 Å². The van der Waals surface area contributed by atoms with Crippen LogP contribution in [0, 0.1) is 0 Å². The van der Waals surface area contributed by atoms with E-state index in [0.717, 1.165) is 35.7 Å². The van der Waals surface area contributed by atoms with Crippen molar-refractivity contribution in [2.75, 3.05) is 11.9 Å². The van der Waals surface area contributed by atoms with Gasteiger partial charge >= 0.3 is 0 Å². The van der Waals surface area contributed by atoms with Gasteiger partial charge in [-0.2, -0.15) is 0 Å². The highest BCUT2D eigenvalue weighted by atomic mass is 16.5. The van der Waals surface area contributed by atoms with Crippen LogP contribution in [0.2, 0.25) is 0 Å². The van der Waals surface area contributed by atoms with Crippen molar-refractivity contribution >= 4 is 5.69 Å². The van der Waals surface area contributed by atoms with Gasteiger partial charge in [0, 0.05) is 11.8 Å². The number of hydrogen-bond acceptors (Lipinski definition) is 3. The van der Waals surface area contributed by atoms with Crippen molar-refractivity contribution in [2.45, 2.75) is 26.1 Å². The van der Waals surface area contributed by atoms with Crippen LogP contribution < -0.4 is 14.8 Å². The molecule has 0 heterocycles. The molecule has 1 N–H and O–H groups in total. The van der Waals surface area contributed by atoms with E-state index in [9.17, 15) is 0 Å². The average molecular weight is 347 g/mol. The second-order valence-electron chi connectivity index (χ2n) is 6.14. The lowest BCUT2D eigenvalue weighted by Crippen LogP contribution is -2.25. The van der Waals surface area contributed by atoms with Crippen molar-refractivity contribution in [1.82, 2.24) is 0 Å². The molecule has 1 unspecified atom stereocenters. The van der Waals surface area contributed by atoms with Crippen LogP contribution in [0.5, 0.6) is 11.5 Å². The van der Waals surface area contributed by atoms with Gasteiger partial charge in [0.25, 0.3) is 0 Å². The summed E-state index contributed by atoms with van der Waals surface area (Å²) in [5.41, 5.74) is 2.19. The van der Waals surface area contributed by atoms with E-state index in [1.807, 2.05) is 72.8 Å². The fourth-order valence-electron chi connectivity index (χ4n) is 2.63. The minimum absolute atomic E-state index is 0.117. The first-order valence-corrected chi connectivity index (χ1v) is 9.06. The molecule has 3 aromatic rings. The van der Waals surface area contributed by atoms with Gasteiger partial charge in [0.1, 0.15) is 24.2 Å². The molecule has 3 nitrogen and oxygen atoms in total. The topological polar surface area (TPSA) is 30.5 Å². The van der Waals surface area contributed by atoms with Gasteiger partial charge in [-0.15, -0.1) is 0 Å². The van der Waals surface area contributed by atoms with E-state index in [2.05, 4.69) is 24.4 Å². The van der Waals surface area contributed by atoms with E-state index in [0.29, 0.717) is 6.61 Å². The van der Waals surface area contributed by atoms with Crippen molar-refractivity contribution < 1.29 is 9.47 Å². The van der Waals surface area contributed by atoms with Gasteiger partial charge in [0.2, 0.25) is 0 Å². The zero-order valence-corrected chi connectivity index (χ0v) is 15.1. The largest absolute Gasteiger partial charge is 0.489 e. The fourth-order valence-corrected chi connectivity index (χ4v) is 2.63. The van der Waals surface area contributed by atoms with Crippen LogP contribution in [-0.4, -0.2) is 12.6 Å². The fraction of sp³-hybridized carbons (Fsp3) is 0.217. The lowest BCUT2D eigenvalue weighted by Gasteiger charge is -2.19. The summed E-state index contributed by atoms with van der Waals surface area (Å²) >= 11 is 0. The molecule has 0 aliphatic rings. The van der Waals surface area contributed by atoms with E-state index in [1.54, 1.807) is 0 Å². The van der Waals surface area contributed by atoms with Crippen molar-refractivity contribution in [3.8, 4) is 11.5 Å². The third-order valence-electron chi connectivity index (χ3n) is 4.12. The first-order valence-electron chi connectivity index (χ1n) is 9.06. The Kier molecular flexibility index (Phi) is 6.54. The van der Waals surface area contributed by atoms with Crippen LogP contribution >= 0.6 is 0 Å². The van der Waals surface area contributed by atoms with E-state index in [1.165, 1.54) is 0 Å². The normalized spacial score (nSPS) is 11.6. The number of nitrogens with one attached hydrogen (secondary N) is 1. The minimum Gasteiger partial charge on any atom is -0.489 e. The Morgan fingerprint density at radius 3 is 2.23 bits per heavy atom. The molecule has 0 saturated carbocycles. The van der Waals surface area contributed by atoms with Crippen LogP contribution in [-0.2, 0) is 6.61 Å². The Morgan fingerprint density at radius 1 is 0.808 bits per heavy atom. The monoisotopic (exact) mass is 347 g/mol. The van der Waals surface area contributed by atoms with E-state index < -0.39 is 0 Å². The Bertz CT molecular complexity index is 774. The maximum absolute atomic E-state index is 6.03. The van der Waals surface area contributed by atoms with Crippen LogP contribution in [0.1, 0.15) is 18.9 Å². The summed E-state index contributed by atoms with van der Waals surface area (Å²) < 4.78 is 11.9. The van der Waals surface area contributed by atoms with Gasteiger partial charge in [0.15, 0.2) is 0 Å². The smallest absolute Gasteiger partial charge is 0.121 e. The summed E-state index contributed by atoms with van der Waals surface area (Å²) in [5.74, 6) is 1.76. The third kappa shape index (κ3) is 5.55. The molecule has 1 atom stereocenters. The van der Waals surface area contributed by atoms with E-state index in [4.69, 9.17) is 9.47 Å². The maximum atomic E-state index is 6.03. The van der Waals surface area contributed by atoms with Gasteiger partial charge in [0.05, 0.1) is 6.54 Å². The third-order valence-corrected chi connectivity index (χ3v) is 4.12. The minimum atomic E-state index is 0.117. The summed E-state index contributed by atoms with van der Waals surface area (Å²) in [6.45, 7) is 3.45. The molecule has 0 saturated heterocycles. The second kappa shape index (κ2) is 9.52. The van der Waals surface area contributed by atoms with Gasteiger partial charge in [-0.1, -0.05) is 61.5 Å². The molecule has 0 bridgehead atoms. The van der Waals surface area contributed by atoms with E-state index in [-0.39, 0.29) is 6.10 Å². The highest BCUT2D eigenvalue weighted by molar-refractivity contribution is 5.48. The van der Waals surface area contributed by atoms with Crippen LogP contribution in [0.4, 0.5) is 5.69 Å². The highest BCUT2D eigenvalue weighted by Gasteiger charge is 2.08. The molecule has 3 rings (SSSR count). The van der Waals surface area contributed by atoms with Gasteiger partial charge < -0.3 is 14.8 Å². The van der Waals surface area contributed by atoms with Crippen LogP contribution in [0.15, 0.2) is 84.9 Å². The van der Waals surface area contributed by atoms with Gasteiger partial charge in [-0.3, -0.25) is 0 Å². The van der Waals surface area contributed by atoms with Crippen molar-refractivity contribution in [2.24, 2.45) is 0 Å². The number of hydrogen-bond donors (Lipinski definition) is 1. The average Bonchev–Trinajstić information content (AvgIpc) is 2.71. The Labute approximate surface area is 155 Å². The molecule has 0 aromatic heterocycles. The Balaban J connectivity index is 1.52. The molecule has 0 aliphatic heterocycles. The molecule has 0 aliphatic carbocycles. The predicted molar refractivity (Wildman–Crippen MR) is 107 cm³/mol. The lowest BCUT2D eigenvalue weighted by molar-refractivity contribution is 0.210. The number of rotatable bonds is 9. The molecular weight excluding hydrogens is 322 g/mol. The molecule has 0 fully saturated rings. The van der Waals surface area contributed by atoms with Crippen molar-refractivity contribution in [1.29, 1.82) is 0 Å². The second-order valence-corrected chi connectivity index (χ2v) is 6.14. The standard InChI is InChI=1S/C23H25NO2/c1-2-21(26-22-13-7-4-8-14-22)17-24-20-12-9-15-23(16-20)25-18-19-10-5-3-6-11-19/h3-16,21,24H,2,17-18H2,1H3. The predicted octanol–water partition coefficient (Wildman–Crippen LogP) is 5.54. The van der Waals surface area contributed by atoms with E-state index >= 15 is 0 Å². The number of para-hydroxylation sites is 1. The summed E-state index contributed by atoms with van der Waals surface area (Å²) in [4.78, 5) is 0. The first kappa shape index (κ1) is 17.9. The Morgan fingerprint density at radius 2 is 1.50 bits per heavy atom. The zero-order valence-electron chi connectivity index (χ0n) is 15.1.